The molecule has 0 saturated carbocycles. The molecular weight excluding hydrogens is 304 g/mol. The summed E-state index contributed by atoms with van der Waals surface area (Å²) >= 11 is 0. The number of aryl methyl sites for hydroxylation is 2. The van der Waals surface area contributed by atoms with Crippen molar-refractivity contribution in [2.24, 2.45) is 0 Å². The summed E-state index contributed by atoms with van der Waals surface area (Å²) in [6, 6.07) is 7.67. The highest BCUT2D eigenvalue weighted by Crippen LogP contribution is 2.38. The molecule has 0 aliphatic rings. The number of rotatable bonds is 7. The Morgan fingerprint density at radius 3 is 2.28 bits per heavy atom. The van der Waals surface area contributed by atoms with E-state index in [0.717, 1.165) is 6.42 Å². The lowest BCUT2D eigenvalue weighted by atomic mass is 9.89. The smallest absolute Gasteiger partial charge is 0.0481 e. The lowest BCUT2D eigenvalue weighted by Gasteiger charge is -2.35. The maximum atomic E-state index is 4.49. The first kappa shape index (κ1) is 19.5. The minimum absolute atomic E-state index is 0.449. The van der Waals surface area contributed by atoms with Crippen LogP contribution in [0.25, 0.3) is 11.1 Å². The third-order valence-corrected chi connectivity index (χ3v) is 5.08. The van der Waals surface area contributed by atoms with E-state index in [4.69, 9.17) is 0 Å². The van der Waals surface area contributed by atoms with Crippen LogP contribution in [0.5, 0.6) is 0 Å². The van der Waals surface area contributed by atoms with Gasteiger partial charge in [-0.2, -0.15) is 0 Å². The lowest BCUT2D eigenvalue weighted by molar-refractivity contribution is 0.608. The van der Waals surface area contributed by atoms with Crippen molar-refractivity contribution in [3.63, 3.8) is 0 Å². The molecule has 0 N–H and O–H groups in total. The van der Waals surface area contributed by atoms with Gasteiger partial charge in [-0.25, -0.2) is 0 Å². The van der Waals surface area contributed by atoms with Crippen LogP contribution in [-0.4, -0.2) is 17.1 Å². The summed E-state index contributed by atoms with van der Waals surface area (Å²) in [4.78, 5) is 6.99. The van der Waals surface area contributed by atoms with E-state index in [1.807, 2.05) is 6.20 Å². The van der Waals surface area contributed by atoms with Crippen molar-refractivity contribution in [2.45, 2.75) is 79.8 Å². The maximum absolute atomic E-state index is 4.49. The van der Waals surface area contributed by atoms with Crippen LogP contribution in [-0.2, 0) is 6.42 Å². The zero-order valence-corrected chi connectivity index (χ0v) is 17.1. The largest absolute Gasteiger partial charge is 0.366 e. The number of nitrogens with zero attached hydrogens (tertiary/aromatic N) is 2. The van der Waals surface area contributed by atoms with E-state index in [1.54, 1.807) is 0 Å². The fourth-order valence-electron chi connectivity index (χ4n) is 3.78. The second kappa shape index (κ2) is 8.51. The Morgan fingerprint density at radius 2 is 1.68 bits per heavy atom. The Balaban J connectivity index is 2.69. The molecule has 0 aliphatic heterocycles. The molecule has 0 radical (unpaired) electrons. The highest BCUT2D eigenvalue weighted by Gasteiger charge is 2.21. The minimum Gasteiger partial charge on any atom is -0.366 e. The van der Waals surface area contributed by atoms with Gasteiger partial charge in [0.1, 0.15) is 0 Å². The molecule has 2 nitrogen and oxygen atoms in total. The molecule has 0 saturated heterocycles. The van der Waals surface area contributed by atoms with Crippen LogP contribution in [0.3, 0.4) is 0 Å². The van der Waals surface area contributed by atoms with E-state index < -0.39 is 0 Å². The van der Waals surface area contributed by atoms with Crippen LogP contribution in [0.1, 0.15) is 64.2 Å². The molecule has 0 aliphatic carbocycles. The maximum Gasteiger partial charge on any atom is 0.0481 e. The average molecular weight is 339 g/mol. The highest BCUT2D eigenvalue weighted by molar-refractivity contribution is 5.83. The summed E-state index contributed by atoms with van der Waals surface area (Å²) in [5.74, 6) is 0. The standard InChI is InChI=1S/C23H34N2/c1-8-9-10-20-12-11-18(6)19(7)23(20)21-15-24-14-13-22(21)25(16(2)3)17(4)5/h11-17H,8-10H2,1-7H3. The Bertz CT molecular complexity index is 693. The number of pyridine rings is 1. The van der Waals surface area contributed by atoms with Gasteiger partial charge in [0.05, 0.1) is 0 Å². The Hall–Kier alpha value is -1.83. The van der Waals surface area contributed by atoms with Gasteiger partial charge in [-0.05, 0) is 82.7 Å². The summed E-state index contributed by atoms with van der Waals surface area (Å²) in [6.45, 7) is 15.8. The normalized spacial score (nSPS) is 11.4. The van der Waals surface area contributed by atoms with Crippen LogP contribution in [0.2, 0.25) is 0 Å². The molecule has 136 valence electrons. The SMILES string of the molecule is CCCCc1ccc(C)c(C)c1-c1cnccc1N(C(C)C)C(C)C. The van der Waals surface area contributed by atoms with Crippen LogP contribution in [0.4, 0.5) is 5.69 Å². The molecular formula is C23H34N2. The predicted octanol–water partition coefficient (Wildman–Crippen LogP) is 6.33. The molecule has 0 atom stereocenters. The van der Waals surface area contributed by atoms with Gasteiger partial charge < -0.3 is 4.90 Å². The number of hydrogen-bond acceptors (Lipinski definition) is 2. The number of anilines is 1. The topological polar surface area (TPSA) is 16.1 Å². The lowest BCUT2D eigenvalue weighted by Crippen LogP contribution is -2.37. The molecule has 2 aromatic rings. The van der Waals surface area contributed by atoms with Crippen molar-refractivity contribution in [3.05, 3.63) is 47.3 Å². The fourth-order valence-corrected chi connectivity index (χ4v) is 3.78. The van der Waals surface area contributed by atoms with Crippen molar-refractivity contribution in [1.29, 1.82) is 0 Å². The van der Waals surface area contributed by atoms with Gasteiger partial charge >= 0.3 is 0 Å². The first-order valence-corrected chi connectivity index (χ1v) is 9.70. The van der Waals surface area contributed by atoms with Gasteiger partial charge in [-0.3, -0.25) is 4.98 Å². The van der Waals surface area contributed by atoms with Crippen LogP contribution >= 0.6 is 0 Å². The van der Waals surface area contributed by atoms with Crippen LogP contribution < -0.4 is 4.90 Å². The molecule has 0 spiro atoms. The van der Waals surface area contributed by atoms with Crippen molar-refractivity contribution >= 4 is 5.69 Å². The van der Waals surface area contributed by atoms with Crippen molar-refractivity contribution < 1.29 is 0 Å². The summed E-state index contributed by atoms with van der Waals surface area (Å²) in [5.41, 5.74) is 8.15. The Morgan fingerprint density at radius 1 is 1.00 bits per heavy atom. The average Bonchev–Trinajstić information content (AvgIpc) is 2.56. The van der Waals surface area contributed by atoms with Gasteiger partial charge in [-0.15, -0.1) is 0 Å². The molecule has 2 heteroatoms. The monoisotopic (exact) mass is 338 g/mol. The van der Waals surface area contributed by atoms with E-state index in [0.29, 0.717) is 12.1 Å². The van der Waals surface area contributed by atoms with Crippen LogP contribution in [0.15, 0.2) is 30.6 Å². The van der Waals surface area contributed by atoms with Gasteiger partial charge in [0.15, 0.2) is 0 Å². The first-order valence-electron chi connectivity index (χ1n) is 9.70. The van der Waals surface area contributed by atoms with Crippen molar-refractivity contribution in [1.82, 2.24) is 4.98 Å². The number of hydrogen-bond donors (Lipinski definition) is 0. The summed E-state index contributed by atoms with van der Waals surface area (Å²) in [6.07, 6.45) is 7.56. The van der Waals surface area contributed by atoms with Crippen LogP contribution in [0, 0.1) is 13.8 Å². The summed E-state index contributed by atoms with van der Waals surface area (Å²) < 4.78 is 0. The van der Waals surface area contributed by atoms with Gasteiger partial charge in [0, 0.05) is 35.7 Å². The summed E-state index contributed by atoms with van der Waals surface area (Å²) in [5, 5.41) is 0. The van der Waals surface area contributed by atoms with Gasteiger partial charge in [0.2, 0.25) is 0 Å². The highest BCUT2D eigenvalue weighted by atomic mass is 15.2. The zero-order chi connectivity index (χ0) is 18.6. The van der Waals surface area contributed by atoms with Crippen molar-refractivity contribution in [2.75, 3.05) is 4.90 Å². The van der Waals surface area contributed by atoms with E-state index in [9.17, 15) is 0 Å². The molecule has 25 heavy (non-hydrogen) atoms. The van der Waals surface area contributed by atoms with E-state index >= 15 is 0 Å². The third-order valence-electron chi connectivity index (χ3n) is 5.08. The second-order valence-corrected chi connectivity index (χ2v) is 7.63. The molecule has 0 bridgehead atoms. The number of unbranched alkanes of at least 4 members (excludes halogenated alkanes) is 1. The molecule has 2 rings (SSSR count). The Kier molecular flexibility index (Phi) is 6.64. The van der Waals surface area contributed by atoms with E-state index in [1.165, 1.54) is 46.3 Å². The number of benzene rings is 1. The van der Waals surface area contributed by atoms with Gasteiger partial charge in [-0.1, -0.05) is 25.5 Å². The van der Waals surface area contributed by atoms with Gasteiger partial charge in [0.25, 0.3) is 0 Å². The zero-order valence-electron chi connectivity index (χ0n) is 17.1. The van der Waals surface area contributed by atoms with E-state index in [-0.39, 0.29) is 0 Å². The van der Waals surface area contributed by atoms with Crippen molar-refractivity contribution in [3.8, 4) is 11.1 Å². The quantitative estimate of drug-likeness (QED) is 0.586. The summed E-state index contributed by atoms with van der Waals surface area (Å²) in [7, 11) is 0. The predicted molar refractivity (Wildman–Crippen MR) is 111 cm³/mol. The molecule has 1 aromatic heterocycles. The number of aromatic nitrogens is 1. The molecule has 0 fully saturated rings. The molecule has 0 amide bonds. The second-order valence-electron chi connectivity index (χ2n) is 7.63. The molecule has 1 aromatic carbocycles. The third kappa shape index (κ3) is 4.23. The molecule has 1 heterocycles. The first-order chi connectivity index (χ1) is 11.9. The van der Waals surface area contributed by atoms with E-state index in [2.05, 4.69) is 82.7 Å². The Labute approximate surface area is 154 Å². The minimum atomic E-state index is 0.449. The fraction of sp³-hybridized carbons (Fsp3) is 0.522. The molecule has 0 unspecified atom stereocenters.